The van der Waals surface area contributed by atoms with Gasteiger partial charge in [-0.15, -0.1) is 0 Å². The summed E-state index contributed by atoms with van der Waals surface area (Å²) in [5, 5.41) is 9.32. The monoisotopic (exact) mass is 233 g/mol. The fraction of sp³-hybridized carbons (Fsp3) is 0.167. The molecule has 0 saturated heterocycles. The molecular formula is C12H11NO4. The molecule has 88 valence electrons. The number of hydrogen-bond acceptors (Lipinski definition) is 4. The van der Waals surface area contributed by atoms with E-state index in [9.17, 15) is 9.59 Å². The molecule has 1 aromatic carbocycles. The maximum Gasteiger partial charge on any atom is 0.320 e. The number of carboxylic acids is 1. The van der Waals surface area contributed by atoms with Gasteiger partial charge in [0.25, 0.3) is 0 Å². The van der Waals surface area contributed by atoms with Crippen molar-refractivity contribution in [3.63, 3.8) is 0 Å². The van der Waals surface area contributed by atoms with Crippen molar-refractivity contribution in [3.8, 4) is 0 Å². The zero-order valence-electron chi connectivity index (χ0n) is 8.92. The molecule has 5 nitrogen and oxygen atoms in total. The van der Waals surface area contributed by atoms with Crippen LogP contribution in [0.4, 0.5) is 0 Å². The van der Waals surface area contributed by atoms with Crippen molar-refractivity contribution in [3.05, 3.63) is 36.1 Å². The summed E-state index contributed by atoms with van der Waals surface area (Å²) in [5.74, 6) is -1.52. The maximum absolute atomic E-state index is 11.8. The van der Waals surface area contributed by atoms with Gasteiger partial charge in [0.2, 0.25) is 0 Å². The van der Waals surface area contributed by atoms with Crippen LogP contribution in [0.1, 0.15) is 16.8 Å². The summed E-state index contributed by atoms with van der Waals surface area (Å²) < 4.78 is 5.20. The van der Waals surface area contributed by atoms with Crippen LogP contribution in [0.15, 0.2) is 34.9 Å². The Labute approximate surface area is 96.8 Å². The van der Waals surface area contributed by atoms with Crippen LogP contribution in [-0.2, 0) is 4.79 Å². The molecule has 0 bridgehead atoms. The first kappa shape index (κ1) is 11.3. The standard InChI is InChI=1S/C12H11NO4/c13-9(12(15)16)5-10(14)8-6-17-11-4-2-1-3-7(8)11/h1-4,6,9H,5,13H2,(H,15,16). The number of carbonyl (C=O) groups is 2. The van der Waals surface area contributed by atoms with Crippen LogP contribution in [0.5, 0.6) is 0 Å². The minimum absolute atomic E-state index is 0.237. The van der Waals surface area contributed by atoms with Crippen molar-refractivity contribution in [1.29, 1.82) is 0 Å². The van der Waals surface area contributed by atoms with Gasteiger partial charge in [0.1, 0.15) is 17.9 Å². The quantitative estimate of drug-likeness (QED) is 0.779. The number of fused-ring (bicyclic) bond motifs is 1. The Bertz CT molecular complexity index is 573. The number of ketones is 1. The van der Waals surface area contributed by atoms with E-state index in [4.69, 9.17) is 15.3 Å². The molecule has 2 aromatic rings. The van der Waals surface area contributed by atoms with Crippen molar-refractivity contribution in [1.82, 2.24) is 0 Å². The third-order valence-electron chi connectivity index (χ3n) is 2.50. The van der Waals surface area contributed by atoms with E-state index in [-0.39, 0.29) is 12.2 Å². The van der Waals surface area contributed by atoms with E-state index in [0.29, 0.717) is 16.5 Å². The van der Waals surface area contributed by atoms with E-state index in [1.165, 1.54) is 6.26 Å². The summed E-state index contributed by atoms with van der Waals surface area (Å²) >= 11 is 0. The number of Topliss-reactive ketones (excluding diaryl/α,β-unsaturated/α-hetero) is 1. The lowest BCUT2D eigenvalue weighted by molar-refractivity contribution is -0.138. The molecule has 1 heterocycles. The van der Waals surface area contributed by atoms with Gasteiger partial charge in [0, 0.05) is 11.8 Å². The van der Waals surface area contributed by atoms with Crippen molar-refractivity contribution in [2.24, 2.45) is 5.73 Å². The molecule has 1 unspecified atom stereocenters. The van der Waals surface area contributed by atoms with Crippen LogP contribution in [0, 0.1) is 0 Å². The van der Waals surface area contributed by atoms with Crippen molar-refractivity contribution in [2.45, 2.75) is 12.5 Å². The highest BCUT2D eigenvalue weighted by molar-refractivity contribution is 6.08. The van der Waals surface area contributed by atoms with Gasteiger partial charge >= 0.3 is 5.97 Å². The summed E-state index contributed by atoms with van der Waals surface area (Å²) in [4.78, 5) is 22.4. The van der Waals surface area contributed by atoms with E-state index in [1.54, 1.807) is 24.3 Å². The fourth-order valence-electron chi connectivity index (χ4n) is 1.59. The number of carbonyl (C=O) groups excluding carboxylic acids is 1. The summed E-state index contributed by atoms with van der Waals surface area (Å²) in [7, 11) is 0. The maximum atomic E-state index is 11.8. The summed E-state index contributed by atoms with van der Waals surface area (Å²) in [6, 6.07) is 5.88. The molecular weight excluding hydrogens is 222 g/mol. The number of benzene rings is 1. The summed E-state index contributed by atoms with van der Waals surface area (Å²) in [5.41, 5.74) is 6.29. The number of rotatable bonds is 4. The van der Waals surface area contributed by atoms with Crippen LogP contribution in [0.3, 0.4) is 0 Å². The Hall–Kier alpha value is -2.14. The molecule has 17 heavy (non-hydrogen) atoms. The van der Waals surface area contributed by atoms with E-state index in [2.05, 4.69) is 0 Å². The van der Waals surface area contributed by atoms with E-state index in [1.807, 2.05) is 0 Å². The van der Waals surface area contributed by atoms with Gasteiger partial charge in [-0.2, -0.15) is 0 Å². The largest absolute Gasteiger partial charge is 0.480 e. The van der Waals surface area contributed by atoms with Crippen molar-refractivity contribution < 1.29 is 19.1 Å². The predicted molar refractivity (Wildman–Crippen MR) is 60.8 cm³/mol. The first-order valence-electron chi connectivity index (χ1n) is 5.07. The molecule has 0 fully saturated rings. The van der Waals surface area contributed by atoms with Gasteiger partial charge in [-0.05, 0) is 6.07 Å². The molecule has 0 spiro atoms. The lowest BCUT2D eigenvalue weighted by Gasteiger charge is -2.03. The molecule has 0 aliphatic carbocycles. The Morgan fingerprint density at radius 2 is 2.06 bits per heavy atom. The lowest BCUT2D eigenvalue weighted by atomic mass is 10.0. The van der Waals surface area contributed by atoms with Crippen LogP contribution < -0.4 is 5.73 Å². The third-order valence-corrected chi connectivity index (χ3v) is 2.50. The van der Waals surface area contributed by atoms with Gasteiger partial charge in [-0.1, -0.05) is 18.2 Å². The molecule has 0 radical (unpaired) electrons. The average molecular weight is 233 g/mol. The second-order valence-electron chi connectivity index (χ2n) is 3.72. The van der Waals surface area contributed by atoms with Gasteiger partial charge < -0.3 is 15.3 Å². The molecule has 2 rings (SSSR count). The van der Waals surface area contributed by atoms with Gasteiger partial charge in [-0.25, -0.2) is 0 Å². The highest BCUT2D eigenvalue weighted by Gasteiger charge is 2.20. The molecule has 5 heteroatoms. The second-order valence-corrected chi connectivity index (χ2v) is 3.72. The van der Waals surface area contributed by atoms with Crippen LogP contribution >= 0.6 is 0 Å². The number of furan rings is 1. The predicted octanol–water partition coefficient (Wildman–Crippen LogP) is 1.42. The second kappa shape index (κ2) is 4.39. The number of carboxylic acid groups (broad SMARTS) is 1. The first-order valence-corrected chi connectivity index (χ1v) is 5.07. The summed E-state index contributed by atoms with van der Waals surface area (Å²) in [6.45, 7) is 0. The Balaban J connectivity index is 2.28. The summed E-state index contributed by atoms with van der Waals surface area (Å²) in [6.07, 6.45) is 1.10. The fourth-order valence-corrected chi connectivity index (χ4v) is 1.59. The zero-order chi connectivity index (χ0) is 12.4. The molecule has 3 N–H and O–H groups in total. The van der Waals surface area contributed by atoms with E-state index >= 15 is 0 Å². The Morgan fingerprint density at radius 3 is 2.76 bits per heavy atom. The Morgan fingerprint density at radius 1 is 1.35 bits per heavy atom. The molecule has 0 amide bonds. The highest BCUT2D eigenvalue weighted by Crippen LogP contribution is 2.22. The van der Waals surface area contributed by atoms with Gasteiger partial charge in [0.15, 0.2) is 5.78 Å². The average Bonchev–Trinajstić information content (AvgIpc) is 2.72. The number of aliphatic carboxylic acids is 1. The van der Waals surface area contributed by atoms with E-state index in [0.717, 1.165) is 0 Å². The normalized spacial score (nSPS) is 12.5. The molecule has 0 aliphatic rings. The number of nitrogens with two attached hydrogens (primary N) is 1. The van der Waals surface area contributed by atoms with E-state index < -0.39 is 12.0 Å². The SMILES string of the molecule is NC(CC(=O)c1coc2ccccc12)C(=O)O. The van der Waals surface area contributed by atoms with Crippen LogP contribution in [-0.4, -0.2) is 22.9 Å². The van der Waals surface area contributed by atoms with Crippen LogP contribution in [0.25, 0.3) is 11.0 Å². The molecule has 1 atom stereocenters. The number of para-hydroxylation sites is 1. The minimum atomic E-state index is -1.19. The smallest absolute Gasteiger partial charge is 0.320 e. The topological polar surface area (TPSA) is 93.5 Å². The highest BCUT2D eigenvalue weighted by atomic mass is 16.4. The molecule has 0 aliphatic heterocycles. The van der Waals surface area contributed by atoms with Gasteiger partial charge in [-0.3, -0.25) is 9.59 Å². The number of hydrogen-bond donors (Lipinski definition) is 2. The first-order chi connectivity index (χ1) is 8.09. The van der Waals surface area contributed by atoms with Gasteiger partial charge in [0.05, 0.1) is 5.56 Å². The molecule has 1 aromatic heterocycles. The minimum Gasteiger partial charge on any atom is -0.480 e. The van der Waals surface area contributed by atoms with Crippen molar-refractivity contribution >= 4 is 22.7 Å². The lowest BCUT2D eigenvalue weighted by Crippen LogP contribution is -2.32. The third kappa shape index (κ3) is 2.19. The van der Waals surface area contributed by atoms with Crippen LogP contribution in [0.2, 0.25) is 0 Å². The Kier molecular flexibility index (Phi) is 2.93. The zero-order valence-corrected chi connectivity index (χ0v) is 8.92. The molecule has 0 saturated carbocycles. The van der Waals surface area contributed by atoms with Crippen molar-refractivity contribution in [2.75, 3.05) is 0 Å².